The summed E-state index contributed by atoms with van der Waals surface area (Å²) in [6.45, 7) is 1.27. The van der Waals surface area contributed by atoms with Gasteiger partial charge in [0, 0.05) is 14.0 Å². The van der Waals surface area contributed by atoms with Gasteiger partial charge in [-0.05, 0) is 0 Å². The highest BCUT2D eigenvalue weighted by Crippen LogP contribution is 2.06. The molecular weight excluding hydrogens is 304 g/mol. The maximum absolute atomic E-state index is 12.6. The number of rotatable bonds is 3. The standard InChI is InChI=1S/C12H14N8O3/c1-6(21)20-5-15-9-8(20)10(22)19(12(23)18(9)2)4-7-3-14-11(16-7)17-13/h3,5H,4,13H2,1-2H3,(H2,14,16,17). The van der Waals surface area contributed by atoms with Crippen LogP contribution in [0.2, 0.25) is 0 Å². The number of nitrogens with zero attached hydrogens (tertiary/aromatic N) is 5. The molecule has 0 fully saturated rings. The average molecular weight is 318 g/mol. The van der Waals surface area contributed by atoms with Crippen molar-refractivity contribution >= 4 is 23.0 Å². The van der Waals surface area contributed by atoms with Gasteiger partial charge in [-0.3, -0.25) is 28.7 Å². The topological polar surface area (TPSA) is 146 Å². The van der Waals surface area contributed by atoms with E-state index < -0.39 is 11.2 Å². The number of H-pyrrole nitrogens is 1. The summed E-state index contributed by atoms with van der Waals surface area (Å²) in [5.41, 5.74) is 1.89. The van der Waals surface area contributed by atoms with Crippen molar-refractivity contribution in [3.05, 3.63) is 39.1 Å². The molecule has 0 unspecified atom stereocenters. The van der Waals surface area contributed by atoms with Crippen LogP contribution in [0.3, 0.4) is 0 Å². The van der Waals surface area contributed by atoms with Gasteiger partial charge in [-0.15, -0.1) is 0 Å². The first-order valence-electron chi connectivity index (χ1n) is 6.62. The van der Waals surface area contributed by atoms with Gasteiger partial charge in [0.05, 0.1) is 18.4 Å². The number of nitrogens with one attached hydrogen (secondary N) is 2. The zero-order valence-corrected chi connectivity index (χ0v) is 12.4. The Morgan fingerprint density at radius 3 is 2.74 bits per heavy atom. The molecule has 0 bridgehead atoms. The Hall–Kier alpha value is -3.21. The molecule has 0 spiro atoms. The second-order valence-corrected chi connectivity index (χ2v) is 4.94. The van der Waals surface area contributed by atoms with Crippen LogP contribution >= 0.6 is 0 Å². The Bertz CT molecular complexity index is 1020. The van der Waals surface area contributed by atoms with E-state index in [-0.39, 0.29) is 23.6 Å². The van der Waals surface area contributed by atoms with Crippen molar-refractivity contribution in [2.45, 2.75) is 13.5 Å². The molecule has 0 aliphatic carbocycles. The molecule has 23 heavy (non-hydrogen) atoms. The summed E-state index contributed by atoms with van der Waals surface area (Å²) in [5.74, 6) is 5.16. The molecule has 0 atom stereocenters. The zero-order chi connectivity index (χ0) is 16.7. The van der Waals surface area contributed by atoms with Gasteiger partial charge in [-0.2, -0.15) is 0 Å². The second kappa shape index (κ2) is 5.21. The van der Waals surface area contributed by atoms with Crippen LogP contribution in [0.15, 0.2) is 22.1 Å². The third-order valence-corrected chi connectivity index (χ3v) is 3.46. The number of imidazole rings is 2. The smallest absolute Gasteiger partial charge is 0.325 e. The molecule has 3 heterocycles. The molecule has 3 aromatic rings. The average Bonchev–Trinajstić information content (AvgIpc) is 3.15. The van der Waals surface area contributed by atoms with Crippen molar-refractivity contribution < 1.29 is 4.79 Å². The summed E-state index contributed by atoms with van der Waals surface area (Å²) in [6, 6.07) is 0. The molecule has 3 rings (SSSR count). The minimum absolute atomic E-state index is 0.0424. The van der Waals surface area contributed by atoms with E-state index in [1.165, 1.54) is 31.1 Å². The van der Waals surface area contributed by atoms with Gasteiger partial charge in [-0.25, -0.2) is 20.6 Å². The van der Waals surface area contributed by atoms with Gasteiger partial charge < -0.3 is 4.98 Å². The maximum Gasteiger partial charge on any atom is 0.332 e. The van der Waals surface area contributed by atoms with Crippen LogP contribution in [-0.4, -0.2) is 34.6 Å². The first-order valence-corrected chi connectivity index (χ1v) is 6.62. The van der Waals surface area contributed by atoms with Gasteiger partial charge in [0.15, 0.2) is 11.2 Å². The molecule has 0 aliphatic rings. The molecule has 0 amide bonds. The minimum atomic E-state index is -0.604. The molecule has 120 valence electrons. The molecule has 0 radical (unpaired) electrons. The van der Waals surface area contributed by atoms with Gasteiger partial charge >= 0.3 is 5.69 Å². The van der Waals surface area contributed by atoms with E-state index in [0.717, 1.165) is 9.13 Å². The highest BCUT2D eigenvalue weighted by molar-refractivity contribution is 5.86. The number of carbonyl (C=O) groups is 1. The molecule has 0 aromatic carbocycles. The number of fused-ring (bicyclic) bond motifs is 1. The number of hydrazine groups is 1. The Labute approximate surface area is 128 Å². The molecule has 3 aromatic heterocycles. The summed E-state index contributed by atoms with van der Waals surface area (Å²) in [4.78, 5) is 47.4. The minimum Gasteiger partial charge on any atom is -0.325 e. The lowest BCUT2D eigenvalue weighted by molar-refractivity contribution is 0.0940. The predicted molar refractivity (Wildman–Crippen MR) is 81.0 cm³/mol. The Kier molecular flexibility index (Phi) is 3.33. The Morgan fingerprint density at radius 2 is 2.13 bits per heavy atom. The lowest BCUT2D eigenvalue weighted by Gasteiger charge is -2.07. The summed E-state index contributed by atoms with van der Waals surface area (Å²) in [6.07, 6.45) is 2.68. The lowest BCUT2D eigenvalue weighted by Crippen LogP contribution is -2.40. The first kappa shape index (κ1) is 14.7. The number of hydrogen-bond donors (Lipinski definition) is 3. The van der Waals surface area contributed by atoms with Crippen molar-refractivity contribution in [1.29, 1.82) is 0 Å². The van der Waals surface area contributed by atoms with Gasteiger partial charge in [0.1, 0.15) is 6.33 Å². The zero-order valence-electron chi connectivity index (χ0n) is 12.4. The Balaban J connectivity index is 2.24. The summed E-state index contributed by atoms with van der Waals surface area (Å²) < 4.78 is 3.33. The number of aromatic nitrogens is 6. The highest BCUT2D eigenvalue weighted by atomic mass is 16.2. The predicted octanol–water partition coefficient (Wildman–Crippen LogP) is -1.39. The van der Waals surface area contributed by atoms with E-state index >= 15 is 0 Å². The van der Waals surface area contributed by atoms with Crippen molar-refractivity contribution in [2.75, 3.05) is 5.43 Å². The fourth-order valence-corrected chi connectivity index (χ4v) is 2.33. The lowest BCUT2D eigenvalue weighted by atomic mass is 10.4. The maximum atomic E-state index is 12.6. The van der Waals surface area contributed by atoms with E-state index in [1.54, 1.807) is 0 Å². The van der Waals surface area contributed by atoms with Crippen LogP contribution in [0.5, 0.6) is 0 Å². The van der Waals surface area contributed by atoms with Crippen molar-refractivity contribution in [3.8, 4) is 0 Å². The van der Waals surface area contributed by atoms with Crippen molar-refractivity contribution in [1.82, 2.24) is 28.7 Å². The molecule has 0 saturated heterocycles. The van der Waals surface area contributed by atoms with Crippen LogP contribution in [0, 0.1) is 0 Å². The van der Waals surface area contributed by atoms with Crippen LogP contribution in [0.4, 0.5) is 5.95 Å². The number of hydrogen-bond acceptors (Lipinski definition) is 7. The first-order chi connectivity index (χ1) is 10.9. The molecule has 0 saturated carbocycles. The Morgan fingerprint density at radius 1 is 1.39 bits per heavy atom. The van der Waals surface area contributed by atoms with Gasteiger partial charge in [0.2, 0.25) is 11.9 Å². The third kappa shape index (κ3) is 2.23. The van der Waals surface area contributed by atoms with Crippen LogP contribution in [0.1, 0.15) is 17.4 Å². The molecule has 4 N–H and O–H groups in total. The van der Waals surface area contributed by atoms with E-state index in [4.69, 9.17) is 5.84 Å². The van der Waals surface area contributed by atoms with Crippen molar-refractivity contribution in [2.24, 2.45) is 12.9 Å². The monoisotopic (exact) mass is 318 g/mol. The second-order valence-electron chi connectivity index (χ2n) is 4.94. The SMILES string of the molecule is CC(=O)n1cnc2c1c(=O)n(Cc1cnc(NN)[nH]1)c(=O)n2C. The number of anilines is 1. The van der Waals surface area contributed by atoms with Crippen LogP contribution in [0.25, 0.3) is 11.2 Å². The van der Waals surface area contributed by atoms with Crippen LogP contribution in [-0.2, 0) is 13.6 Å². The quantitative estimate of drug-likeness (QED) is 0.398. The third-order valence-electron chi connectivity index (χ3n) is 3.46. The largest absolute Gasteiger partial charge is 0.332 e. The van der Waals surface area contributed by atoms with Gasteiger partial charge in [0.25, 0.3) is 5.56 Å². The number of nitrogens with two attached hydrogens (primary N) is 1. The fraction of sp³-hybridized carbons (Fsp3) is 0.250. The fourth-order valence-electron chi connectivity index (χ4n) is 2.33. The number of aromatic amines is 1. The summed E-state index contributed by atoms with van der Waals surface area (Å²) in [7, 11) is 1.48. The molecule has 11 heteroatoms. The summed E-state index contributed by atoms with van der Waals surface area (Å²) in [5, 5.41) is 0. The molecule has 11 nitrogen and oxygen atoms in total. The molecular formula is C12H14N8O3. The van der Waals surface area contributed by atoms with Crippen molar-refractivity contribution in [3.63, 3.8) is 0 Å². The van der Waals surface area contributed by atoms with Crippen LogP contribution < -0.4 is 22.5 Å². The highest BCUT2D eigenvalue weighted by Gasteiger charge is 2.18. The normalized spacial score (nSPS) is 11.1. The van der Waals surface area contributed by atoms with Gasteiger partial charge in [-0.1, -0.05) is 0 Å². The number of carbonyl (C=O) groups excluding carboxylic acids is 1. The van der Waals surface area contributed by atoms with E-state index in [0.29, 0.717) is 11.6 Å². The number of nitrogen functional groups attached to an aromatic ring is 1. The summed E-state index contributed by atoms with van der Waals surface area (Å²) >= 11 is 0. The molecule has 0 aliphatic heterocycles. The number of aryl methyl sites for hydroxylation is 1. The van der Waals surface area contributed by atoms with E-state index in [1.807, 2.05) is 0 Å². The van der Waals surface area contributed by atoms with E-state index in [9.17, 15) is 14.4 Å². The van der Waals surface area contributed by atoms with E-state index in [2.05, 4.69) is 20.4 Å².